The van der Waals surface area contributed by atoms with E-state index in [0.717, 1.165) is 19.5 Å². The third kappa shape index (κ3) is 3.33. The van der Waals surface area contributed by atoms with E-state index in [1.165, 1.54) is 23.0 Å². The van der Waals surface area contributed by atoms with E-state index in [-0.39, 0.29) is 11.2 Å². The van der Waals surface area contributed by atoms with Gasteiger partial charge < -0.3 is 10.2 Å². The molecule has 1 aromatic carbocycles. The summed E-state index contributed by atoms with van der Waals surface area (Å²) in [4.78, 5) is 29.0. The minimum absolute atomic E-state index is 0.229. The number of nitrogens with zero attached hydrogens (tertiary/aromatic N) is 2. The number of rotatable bonds is 5. The van der Waals surface area contributed by atoms with Crippen LogP contribution in [0, 0.1) is 0 Å². The highest BCUT2D eigenvalue weighted by Crippen LogP contribution is 2.37. The highest BCUT2D eigenvalue weighted by Gasteiger charge is 2.33. The lowest BCUT2D eigenvalue weighted by molar-refractivity contribution is 0.270. The van der Waals surface area contributed by atoms with E-state index in [0.29, 0.717) is 30.4 Å². The molecular formula is C20H26N4O2. The first-order valence-corrected chi connectivity index (χ1v) is 9.54. The van der Waals surface area contributed by atoms with Crippen molar-refractivity contribution in [3.8, 4) is 0 Å². The molecule has 4 rings (SSSR count). The largest absolute Gasteiger partial charge is 0.356 e. The highest BCUT2D eigenvalue weighted by atomic mass is 16.2. The molecule has 6 heteroatoms. The van der Waals surface area contributed by atoms with Crippen molar-refractivity contribution < 1.29 is 0 Å². The maximum atomic E-state index is 12.0. The molecule has 2 aliphatic rings. The Bertz CT molecular complexity index is 836. The van der Waals surface area contributed by atoms with Gasteiger partial charge in [0, 0.05) is 37.8 Å². The van der Waals surface area contributed by atoms with Gasteiger partial charge in [0.2, 0.25) is 0 Å². The minimum atomic E-state index is -0.323. The predicted octanol–water partition coefficient (Wildman–Crippen LogP) is 1.67. The fourth-order valence-electron chi connectivity index (χ4n) is 4.18. The Kier molecular flexibility index (Phi) is 4.68. The van der Waals surface area contributed by atoms with Gasteiger partial charge in [-0.15, -0.1) is 0 Å². The van der Waals surface area contributed by atoms with Crippen LogP contribution < -0.4 is 21.5 Å². The highest BCUT2D eigenvalue weighted by molar-refractivity contribution is 5.38. The zero-order valence-electron chi connectivity index (χ0n) is 15.1. The van der Waals surface area contributed by atoms with Gasteiger partial charge in [0.05, 0.1) is 0 Å². The third-order valence-electron chi connectivity index (χ3n) is 5.73. The molecule has 0 spiro atoms. The van der Waals surface area contributed by atoms with Crippen LogP contribution in [0.3, 0.4) is 0 Å². The average molecular weight is 354 g/mol. The van der Waals surface area contributed by atoms with Crippen LogP contribution in [0.1, 0.15) is 37.7 Å². The van der Waals surface area contributed by atoms with Crippen molar-refractivity contribution in [2.45, 2.75) is 50.7 Å². The van der Waals surface area contributed by atoms with Gasteiger partial charge in [-0.25, -0.2) is 4.79 Å². The number of aromatic nitrogens is 2. The van der Waals surface area contributed by atoms with Crippen LogP contribution >= 0.6 is 0 Å². The van der Waals surface area contributed by atoms with E-state index in [2.05, 4.69) is 45.5 Å². The van der Waals surface area contributed by atoms with E-state index >= 15 is 0 Å². The molecule has 0 bridgehead atoms. The van der Waals surface area contributed by atoms with E-state index in [1.807, 2.05) is 0 Å². The molecule has 0 amide bonds. The SMILES string of the molecule is CCn1c(=O)cc(N2CC[C@@H](NC3CC(c4ccccc4)C3)C2)[nH]c1=O. The molecule has 2 N–H and O–H groups in total. The summed E-state index contributed by atoms with van der Waals surface area (Å²) in [6.45, 7) is 3.88. The smallest absolute Gasteiger partial charge is 0.329 e. The maximum Gasteiger partial charge on any atom is 0.329 e. The van der Waals surface area contributed by atoms with Gasteiger partial charge >= 0.3 is 5.69 Å². The predicted molar refractivity (Wildman–Crippen MR) is 103 cm³/mol. The fraction of sp³-hybridized carbons (Fsp3) is 0.500. The van der Waals surface area contributed by atoms with Crippen molar-refractivity contribution in [2.24, 2.45) is 0 Å². The first-order chi connectivity index (χ1) is 12.6. The Morgan fingerprint density at radius 2 is 1.92 bits per heavy atom. The lowest BCUT2D eigenvalue weighted by atomic mass is 9.75. The second kappa shape index (κ2) is 7.11. The third-order valence-corrected chi connectivity index (χ3v) is 5.73. The summed E-state index contributed by atoms with van der Waals surface area (Å²) < 4.78 is 1.22. The molecule has 0 unspecified atom stereocenters. The molecule has 1 aromatic heterocycles. The monoisotopic (exact) mass is 354 g/mol. The van der Waals surface area contributed by atoms with Crippen LogP contribution in [0.4, 0.5) is 5.82 Å². The summed E-state index contributed by atoms with van der Waals surface area (Å²) >= 11 is 0. The molecule has 1 aliphatic carbocycles. The molecule has 138 valence electrons. The first kappa shape index (κ1) is 17.1. The van der Waals surface area contributed by atoms with Crippen molar-refractivity contribution in [3.63, 3.8) is 0 Å². The van der Waals surface area contributed by atoms with Crippen molar-refractivity contribution in [1.29, 1.82) is 0 Å². The topological polar surface area (TPSA) is 70.1 Å². The van der Waals surface area contributed by atoms with Crippen molar-refractivity contribution in [2.75, 3.05) is 18.0 Å². The Labute approximate surface area is 152 Å². The average Bonchev–Trinajstić information content (AvgIpc) is 3.07. The minimum Gasteiger partial charge on any atom is -0.356 e. The number of hydrogen-bond acceptors (Lipinski definition) is 4. The van der Waals surface area contributed by atoms with Crippen LogP contribution in [0.15, 0.2) is 46.0 Å². The van der Waals surface area contributed by atoms with Gasteiger partial charge in [-0.1, -0.05) is 30.3 Å². The van der Waals surface area contributed by atoms with Crippen LogP contribution in [-0.4, -0.2) is 34.7 Å². The number of anilines is 1. The quantitative estimate of drug-likeness (QED) is 0.857. The molecule has 26 heavy (non-hydrogen) atoms. The number of hydrogen-bond donors (Lipinski definition) is 2. The van der Waals surface area contributed by atoms with E-state index in [9.17, 15) is 9.59 Å². The van der Waals surface area contributed by atoms with E-state index in [1.54, 1.807) is 13.0 Å². The summed E-state index contributed by atoms with van der Waals surface area (Å²) in [5.41, 5.74) is 0.885. The van der Waals surface area contributed by atoms with Gasteiger partial charge in [0.1, 0.15) is 5.82 Å². The number of nitrogens with one attached hydrogen (secondary N) is 2. The molecule has 1 atom stereocenters. The zero-order valence-corrected chi connectivity index (χ0v) is 15.1. The van der Waals surface area contributed by atoms with Gasteiger partial charge in [0.25, 0.3) is 5.56 Å². The van der Waals surface area contributed by atoms with Crippen LogP contribution in [0.5, 0.6) is 0 Å². The summed E-state index contributed by atoms with van der Waals surface area (Å²) in [6.07, 6.45) is 3.40. The van der Waals surface area contributed by atoms with Crippen LogP contribution in [0.25, 0.3) is 0 Å². The normalized spacial score (nSPS) is 25.3. The summed E-state index contributed by atoms with van der Waals surface area (Å²) in [7, 11) is 0. The van der Waals surface area contributed by atoms with Gasteiger partial charge in [-0.3, -0.25) is 14.3 Å². The molecule has 0 radical (unpaired) electrons. The number of aromatic amines is 1. The summed E-state index contributed by atoms with van der Waals surface area (Å²) in [6, 6.07) is 13.2. The standard InChI is InChI=1S/C20H26N4O2/c1-2-24-19(25)12-18(22-20(24)26)23-9-8-16(13-23)21-17-10-15(11-17)14-6-4-3-5-7-14/h3-7,12,15-17,21H,2,8-11,13H2,1H3,(H,22,26)/t15?,16-,17?/m1/s1. The molecule has 6 nitrogen and oxygen atoms in total. The Hall–Kier alpha value is -2.34. The van der Waals surface area contributed by atoms with Crippen molar-refractivity contribution in [1.82, 2.24) is 14.9 Å². The first-order valence-electron chi connectivity index (χ1n) is 9.54. The number of benzene rings is 1. The molecule has 1 saturated carbocycles. The second-order valence-electron chi connectivity index (χ2n) is 7.42. The van der Waals surface area contributed by atoms with Gasteiger partial charge in [-0.2, -0.15) is 0 Å². The van der Waals surface area contributed by atoms with E-state index in [4.69, 9.17) is 0 Å². The molecule has 1 aliphatic heterocycles. The second-order valence-corrected chi connectivity index (χ2v) is 7.42. The molecule has 2 aromatic rings. The van der Waals surface area contributed by atoms with Gasteiger partial charge in [0.15, 0.2) is 0 Å². The van der Waals surface area contributed by atoms with Gasteiger partial charge in [-0.05, 0) is 37.7 Å². The molecule has 2 fully saturated rings. The van der Waals surface area contributed by atoms with E-state index < -0.39 is 0 Å². The van der Waals surface area contributed by atoms with Crippen molar-refractivity contribution in [3.05, 3.63) is 62.8 Å². The lowest BCUT2D eigenvalue weighted by Gasteiger charge is -2.38. The van der Waals surface area contributed by atoms with Crippen LogP contribution in [0.2, 0.25) is 0 Å². The number of H-pyrrole nitrogens is 1. The Morgan fingerprint density at radius 3 is 2.62 bits per heavy atom. The lowest BCUT2D eigenvalue weighted by Crippen LogP contribution is -2.46. The van der Waals surface area contributed by atoms with Crippen LogP contribution in [-0.2, 0) is 6.54 Å². The maximum absolute atomic E-state index is 12.0. The molecule has 1 saturated heterocycles. The summed E-state index contributed by atoms with van der Waals surface area (Å²) in [5.74, 6) is 1.31. The Morgan fingerprint density at radius 1 is 1.15 bits per heavy atom. The molecular weight excluding hydrogens is 328 g/mol. The van der Waals surface area contributed by atoms with Crippen molar-refractivity contribution >= 4 is 5.82 Å². The fourth-order valence-corrected chi connectivity index (χ4v) is 4.18. The molecule has 2 heterocycles. The Balaban J connectivity index is 1.32. The zero-order chi connectivity index (χ0) is 18.1. The summed E-state index contributed by atoms with van der Waals surface area (Å²) in [5, 5.41) is 3.75.